The summed E-state index contributed by atoms with van der Waals surface area (Å²) >= 11 is 4.73. The minimum Gasteiger partial charge on any atom is -0.325 e. The second kappa shape index (κ2) is 9.02. The van der Waals surface area contributed by atoms with Crippen molar-refractivity contribution in [2.45, 2.75) is 5.16 Å². The second-order valence-electron chi connectivity index (χ2n) is 6.04. The van der Waals surface area contributed by atoms with E-state index < -0.39 is 0 Å². The number of hydrogen-bond acceptors (Lipinski definition) is 5. The van der Waals surface area contributed by atoms with Crippen LogP contribution in [0.3, 0.4) is 0 Å². The van der Waals surface area contributed by atoms with E-state index in [2.05, 4.69) is 36.4 Å². The number of amides is 1. The molecule has 1 amide bonds. The lowest BCUT2D eigenvalue weighted by Crippen LogP contribution is -2.14. The SMILES string of the molecule is O=C(CSc1nnc(-c2ccccn2)n1-c1ccccc1)Nc1cccc(Br)c1. The Balaban J connectivity index is 1.57. The van der Waals surface area contributed by atoms with Crippen molar-refractivity contribution in [2.75, 3.05) is 11.1 Å². The lowest BCUT2D eigenvalue weighted by molar-refractivity contribution is -0.113. The van der Waals surface area contributed by atoms with E-state index in [9.17, 15) is 4.79 Å². The van der Waals surface area contributed by atoms with Crippen molar-refractivity contribution in [1.82, 2.24) is 19.7 Å². The summed E-state index contributed by atoms with van der Waals surface area (Å²) in [5.74, 6) is 0.724. The predicted octanol–water partition coefficient (Wildman–Crippen LogP) is 4.82. The molecule has 2 aromatic carbocycles. The van der Waals surface area contributed by atoms with E-state index in [0.717, 1.165) is 15.8 Å². The minimum atomic E-state index is -0.116. The molecule has 8 heteroatoms. The van der Waals surface area contributed by atoms with Gasteiger partial charge in [0.2, 0.25) is 5.91 Å². The average molecular weight is 466 g/mol. The number of pyridine rings is 1. The molecule has 0 aliphatic carbocycles. The maximum atomic E-state index is 12.4. The van der Waals surface area contributed by atoms with Crippen molar-refractivity contribution >= 4 is 39.3 Å². The first-order valence-corrected chi connectivity index (χ1v) is 10.6. The van der Waals surface area contributed by atoms with Crippen molar-refractivity contribution in [3.05, 3.63) is 83.5 Å². The lowest BCUT2D eigenvalue weighted by Gasteiger charge is -2.10. The third kappa shape index (κ3) is 4.72. The fourth-order valence-electron chi connectivity index (χ4n) is 2.73. The number of anilines is 1. The number of rotatable bonds is 6. The van der Waals surface area contributed by atoms with Crippen LogP contribution in [0.5, 0.6) is 0 Å². The van der Waals surface area contributed by atoms with Gasteiger partial charge < -0.3 is 5.32 Å². The van der Waals surface area contributed by atoms with Crippen molar-refractivity contribution < 1.29 is 4.79 Å². The number of aromatic nitrogens is 4. The van der Waals surface area contributed by atoms with Crippen molar-refractivity contribution in [2.24, 2.45) is 0 Å². The van der Waals surface area contributed by atoms with E-state index in [-0.39, 0.29) is 11.7 Å². The molecule has 6 nitrogen and oxygen atoms in total. The van der Waals surface area contributed by atoms with Crippen LogP contribution in [0.15, 0.2) is 88.6 Å². The summed E-state index contributed by atoms with van der Waals surface area (Å²) in [4.78, 5) is 16.8. The van der Waals surface area contributed by atoms with E-state index in [4.69, 9.17) is 0 Å². The van der Waals surface area contributed by atoms with Crippen molar-refractivity contribution in [3.8, 4) is 17.2 Å². The number of carbonyl (C=O) groups excluding carboxylic acids is 1. The molecule has 0 unspecified atom stereocenters. The van der Waals surface area contributed by atoms with Gasteiger partial charge in [-0.15, -0.1) is 10.2 Å². The summed E-state index contributed by atoms with van der Waals surface area (Å²) in [6.07, 6.45) is 1.72. The van der Waals surface area contributed by atoms with Crippen LogP contribution < -0.4 is 5.32 Å². The molecule has 0 saturated carbocycles. The van der Waals surface area contributed by atoms with Crippen LogP contribution >= 0.6 is 27.7 Å². The zero-order valence-corrected chi connectivity index (χ0v) is 17.6. The maximum absolute atomic E-state index is 12.4. The Morgan fingerprint density at radius 3 is 2.59 bits per heavy atom. The first-order chi connectivity index (χ1) is 14.2. The van der Waals surface area contributed by atoms with E-state index >= 15 is 0 Å². The van der Waals surface area contributed by atoms with Crippen LogP contribution in [0.2, 0.25) is 0 Å². The van der Waals surface area contributed by atoms with E-state index in [0.29, 0.717) is 16.7 Å². The minimum absolute atomic E-state index is 0.116. The molecule has 0 bridgehead atoms. The number of hydrogen-bond donors (Lipinski definition) is 1. The number of para-hydroxylation sites is 1. The molecule has 0 spiro atoms. The fourth-order valence-corrected chi connectivity index (χ4v) is 3.88. The standard InChI is InChI=1S/C21H16BrN5OS/c22-15-7-6-8-16(13-15)24-19(28)14-29-21-26-25-20(18-11-4-5-12-23-18)27(21)17-9-2-1-3-10-17/h1-13H,14H2,(H,24,28). The number of carbonyl (C=O) groups is 1. The number of thioether (sulfide) groups is 1. The van der Waals surface area contributed by atoms with Crippen LogP contribution in [-0.4, -0.2) is 31.4 Å². The molecule has 0 aliphatic heterocycles. The first-order valence-electron chi connectivity index (χ1n) is 8.81. The molecule has 4 aromatic rings. The largest absolute Gasteiger partial charge is 0.325 e. The summed E-state index contributed by atoms with van der Waals surface area (Å²) in [7, 11) is 0. The molecule has 4 rings (SSSR count). The Hall–Kier alpha value is -2.97. The summed E-state index contributed by atoms with van der Waals surface area (Å²) in [6, 6.07) is 22.9. The molecule has 0 fully saturated rings. The maximum Gasteiger partial charge on any atom is 0.234 e. The van der Waals surface area contributed by atoms with Gasteiger partial charge in [-0.3, -0.25) is 14.3 Å². The monoisotopic (exact) mass is 465 g/mol. The number of nitrogens with one attached hydrogen (secondary N) is 1. The molecule has 2 heterocycles. The van der Waals surface area contributed by atoms with Crippen LogP contribution in [-0.2, 0) is 4.79 Å². The van der Waals surface area contributed by atoms with Crippen LogP contribution in [0, 0.1) is 0 Å². The normalized spacial score (nSPS) is 10.7. The second-order valence-corrected chi connectivity index (χ2v) is 7.90. The Morgan fingerprint density at radius 2 is 1.83 bits per heavy atom. The molecule has 0 saturated heterocycles. The number of halogens is 1. The Labute approximate surface area is 180 Å². The molecule has 144 valence electrons. The summed E-state index contributed by atoms with van der Waals surface area (Å²) in [6.45, 7) is 0. The molecule has 1 N–H and O–H groups in total. The van der Waals surface area contributed by atoms with Gasteiger partial charge in [0.15, 0.2) is 11.0 Å². The number of nitrogens with zero attached hydrogens (tertiary/aromatic N) is 4. The van der Waals surface area contributed by atoms with Gasteiger partial charge in [0.25, 0.3) is 0 Å². The van der Waals surface area contributed by atoms with Gasteiger partial charge in [-0.05, 0) is 42.5 Å². The third-order valence-corrected chi connectivity index (χ3v) is 5.40. The molecular formula is C21H16BrN5OS. The fraction of sp³-hybridized carbons (Fsp3) is 0.0476. The van der Waals surface area contributed by atoms with Gasteiger partial charge in [-0.25, -0.2) is 0 Å². The van der Waals surface area contributed by atoms with Crippen LogP contribution in [0.25, 0.3) is 17.2 Å². The van der Waals surface area contributed by atoms with Gasteiger partial charge in [0.05, 0.1) is 5.75 Å². The van der Waals surface area contributed by atoms with Gasteiger partial charge in [-0.1, -0.05) is 58.0 Å². The summed E-state index contributed by atoms with van der Waals surface area (Å²) < 4.78 is 2.83. The van der Waals surface area contributed by atoms with Gasteiger partial charge in [0.1, 0.15) is 5.69 Å². The average Bonchev–Trinajstić information content (AvgIpc) is 3.17. The highest BCUT2D eigenvalue weighted by atomic mass is 79.9. The molecule has 0 atom stereocenters. The van der Waals surface area contributed by atoms with E-state index in [1.165, 1.54) is 11.8 Å². The Bertz CT molecular complexity index is 1120. The first kappa shape index (κ1) is 19.4. The predicted molar refractivity (Wildman–Crippen MR) is 118 cm³/mol. The van der Waals surface area contributed by atoms with E-state index in [1.54, 1.807) is 6.20 Å². The molecule has 0 radical (unpaired) electrons. The Morgan fingerprint density at radius 1 is 1.00 bits per heavy atom. The molecule has 2 aromatic heterocycles. The molecule has 29 heavy (non-hydrogen) atoms. The molecular weight excluding hydrogens is 450 g/mol. The van der Waals surface area contributed by atoms with Crippen LogP contribution in [0.1, 0.15) is 0 Å². The van der Waals surface area contributed by atoms with E-state index in [1.807, 2.05) is 77.4 Å². The smallest absolute Gasteiger partial charge is 0.234 e. The molecule has 0 aliphatic rings. The zero-order valence-electron chi connectivity index (χ0n) is 15.2. The quantitative estimate of drug-likeness (QED) is 0.413. The van der Waals surface area contributed by atoms with Crippen molar-refractivity contribution in [3.63, 3.8) is 0 Å². The van der Waals surface area contributed by atoms with Crippen molar-refractivity contribution in [1.29, 1.82) is 0 Å². The number of benzene rings is 2. The zero-order chi connectivity index (χ0) is 20.1. The van der Waals surface area contributed by atoms with Gasteiger partial charge in [0, 0.05) is 22.0 Å². The van der Waals surface area contributed by atoms with Crippen LogP contribution in [0.4, 0.5) is 5.69 Å². The topological polar surface area (TPSA) is 72.7 Å². The highest BCUT2D eigenvalue weighted by Gasteiger charge is 2.17. The van der Waals surface area contributed by atoms with Gasteiger partial charge in [-0.2, -0.15) is 0 Å². The Kier molecular flexibility index (Phi) is 6.02. The highest BCUT2D eigenvalue weighted by molar-refractivity contribution is 9.10. The van der Waals surface area contributed by atoms with Gasteiger partial charge >= 0.3 is 0 Å². The summed E-state index contributed by atoms with van der Waals surface area (Å²) in [5, 5.41) is 12.2. The summed E-state index contributed by atoms with van der Waals surface area (Å²) in [5.41, 5.74) is 2.37. The lowest BCUT2D eigenvalue weighted by atomic mass is 10.3. The highest BCUT2D eigenvalue weighted by Crippen LogP contribution is 2.27. The third-order valence-electron chi connectivity index (χ3n) is 3.98.